The zero-order chi connectivity index (χ0) is 13.3. The summed E-state index contributed by atoms with van der Waals surface area (Å²) in [7, 11) is 1.34. The number of ether oxygens (including phenoxy) is 1. The molecule has 1 fully saturated rings. The standard InChI is InChI=1S/C13H13F3O2/c1-18-12(17)10-6-9(7-10)8-2-4-11(5-3-8)13(14,15)16/h2-5,9-10H,6-7H2,1H3/t9-,10+. The second-order valence-corrected chi connectivity index (χ2v) is 4.51. The van der Waals surface area contributed by atoms with E-state index in [1.54, 1.807) is 0 Å². The number of alkyl halides is 3. The quantitative estimate of drug-likeness (QED) is 0.760. The first-order valence-corrected chi connectivity index (χ1v) is 5.67. The van der Waals surface area contributed by atoms with Crippen molar-refractivity contribution in [3.8, 4) is 0 Å². The van der Waals surface area contributed by atoms with E-state index >= 15 is 0 Å². The maximum atomic E-state index is 12.4. The van der Waals surface area contributed by atoms with E-state index in [4.69, 9.17) is 0 Å². The molecule has 0 amide bonds. The molecule has 1 aliphatic rings. The number of hydrogen-bond acceptors (Lipinski definition) is 2. The highest BCUT2D eigenvalue weighted by molar-refractivity contribution is 5.73. The highest BCUT2D eigenvalue weighted by Crippen LogP contribution is 2.42. The normalized spacial score (nSPS) is 23.3. The number of rotatable bonds is 2. The fraction of sp³-hybridized carbons (Fsp3) is 0.462. The molecule has 0 aliphatic heterocycles. The van der Waals surface area contributed by atoms with Crippen molar-refractivity contribution < 1.29 is 22.7 Å². The van der Waals surface area contributed by atoms with Crippen LogP contribution in [0, 0.1) is 5.92 Å². The summed E-state index contributed by atoms with van der Waals surface area (Å²) in [5.41, 5.74) is 0.207. The van der Waals surface area contributed by atoms with Gasteiger partial charge in [0.1, 0.15) is 0 Å². The van der Waals surface area contributed by atoms with Crippen molar-refractivity contribution in [3.63, 3.8) is 0 Å². The first-order chi connectivity index (χ1) is 8.41. The Morgan fingerprint density at radius 3 is 2.22 bits per heavy atom. The molecule has 5 heteroatoms. The van der Waals surface area contributed by atoms with Crippen molar-refractivity contribution in [1.29, 1.82) is 0 Å². The minimum Gasteiger partial charge on any atom is -0.469 e. The lowest BCUT2D eigenvalue weighted by Gasteiger charge is -2.33. The molecule has 0 spiro atoms. The van der Waals surface area contributed by atoms with Crippen LogP contribution in [-0.2, 0) is 15.7 Å². The summed E-state index contributed by atoms with van der Waals surface area (Å²) in [5.74, 6) is -0.183. The van der Waals surface area contributed by atoms with Crippen LogP contribution < -0.4 is 0 Å². The van der Waals surface area contributed by atoms with Gasteiger partial charge in [0.15, 0.2) is 0 Å². The smallest absolute Gasteiger partial charge is 0.416 e. The van der Waals surface area contributed by atoms with Crippen LogP contribution in [0.1, 0.15) is 29.9 Å². The van der Waals surface area contributed by atoms with Crippen LogP contribution in [0.15, 0.2) is 24.3 Å². The summed E-state index contributed by atoms with van der Waals surface area (Å²) >= 11 is 0. The molecule has 0 aromatic heterocycles. The number of methoxy groups -OCH3 is 1. The van der Waals surface area contributed by atoms with Crippen LogP contribution in [0.2, 0.25) is 0 Å². The van der Waals surface area contributed by atoms with Crippen LogP contribution in [0.4, 0.5) is 13.2 Å². The van der Waals surface area contributed by atoms with Crippen molar-refractivity contribution in [2.45, 2.75) is 24.9 Å². The van der Waals surface area contributed by atoms with E-state index in [0.29, 0.717) is 12.8 Å². The molecule has 0 atom stereocenters. The van der Waals surface area contributed by atoms with Gasteiger partial charge in [-0.1, -0.05) is 12.1 Å². The van der Waals surface area contributed by atoms with E-state index in [2.05, 4.69) is 4.74 Å². The van der Waals surface area contributed by atoms with Crippen LogP contribution in [0.3, 0.4) is 0 Å². The Balaban J connectivity index is 1.99. The SMILES string of the molecule is COC(=O)[C@H]1C[C@@H](c2ccc(C(F)(F)F)cc2)C1. The van der Waals surface area contributed by atoms with Crippen molar-refractivity contribution in [1.82, 2.24) is 0 Å². The molecule has 2 nitrogen and oxygen atoms in total. The lowest BCUT2D eigenvalue weighted by molar-refractivity contribution is -0.148. The van der Waals surface area contributed by atoms with E-state index < -0.39 is 11.7 Å². The fourth-order valence-corrected chi connectivity index (χ4v) is 2.19. The Morgan fingerprint density at radius 2 is 1.78 bits per heavy atom. The third-order valence-electron chi connectivity index (χ3n) is 3.38. The summed E-state index contributed by atoms with van der Waals surface area (Å²) in [6.07, 6.45) is -3.00. The van der Waals surface area contributed by atoms with Crippen molar-refractivity contribution in [2.75, 3.05) is 7.11 Å². The lowest BCUT2D eigenvalue weighted by atomic mass is 9.71. The zero-order valence-electron chi connectivity index (χ0n) is 9.83. The van der Waals surface area contributed by atoms with Crippen LogP contribution in [0.5, 0.6) is 0 Å². The van der Waals surface area contributed by atoms with Gasteiger partial charge in [0.05, 0.1) is 18.6 Å². The molecule has 0 N–H and O–H groups in total. The van der Waals surface area contributed by atoms with Gasteiger partial charge in [-0.3, -0.25) is 4.79 Å². The molecule has 1 saturated carbocycles. The first-order valence-electron chi connectivity index (χ1n) is 5.67. The molecule has 1 aromatic carbocycles. The summed E-state index contributed by atoms with van der Waals surface area (Å²) < 4.78 is 41.7. The van der Waals surface area contributed by atoms with Gasteiger partial charge < -0.3 is 4.74 Å². The summed E-state index contributed by atoms with van der Waals surface area (Å²) in [6, 6.07) is 5.14. The summed E-state index contributed by atoms with van der Waals surface area (Å²) in [6.45, 7) is 0. The van der Waals surface area contributed by atoms with Crippen molar-refractivity contribution in [2.24, 2.45) is 5.92 Å². The topological polar surface area (TPSA) is 26.3 Å². The van der Waals surface area contributed by atoms with Gasteiger partial charge >= 0.3 is 12.1 Å². The predicted octanol–water partition coefficient (Wildman–Crippen LogP) is 3.37. The lowest BCUT2D eigenvalue weighted by Crippen LogP contribution is -2.29. The summed E-state index contributed by atoms with van der Waals surface area (Å²) in [5, 5.41) is 0. The molecule has 18 heavy (non-hydrogen) atoms. The highest BCUT2D eigenvalue weighted by Gasteiger charge is 2.36. The third kappa shape index (κ3) is 2.49. The number of carbonyl (C=O) groups is 1. The number of benzene rings is 1. The molecule has 2 rings (SSSR count). The predicted molar refractivity (Wildman–Crippen MR) is 58.9 cm³/mol. The molecular formula is C13H13F3O2. The zero-order valence-corrected chi connectivity index (χ0v) is 9.83. The number of hydrogen-bond donors (Lipinski definition) is 0. The second-order valence-electron chi connectivity index (χ2n) is 4.51. The molecular weight excluding hydrogens is 245 g/mol. The Morgan fingerprint density at radius 1 is 1.22 bits per heavy atom. The van der Waals surface area contributed by atoms with Gasteiger partial charge in [0, 0.05) is 0 Å². The van der Waals surface area contributed by atoms with E-state index in [9.17, 15) is 18.0 Å². The Labute approximate surface area is 103 Å². The highest BCUT2D eigenvalue weighted by atomic mass is 19.4. The average Bonchev–Trinajstić information content (AvgIpc) is 2.26. The molecule has 0 saturated heterocycles. The van der Waals surface area contributed by atoms with Crippen LogP contribution in [-0.4, -0.2) is 13.1 Å². The number of carbonyl (C=O) groups excluding carboxylic acids is 1. The Kier molecular flexibility index (Phi) is 3.32. The molecule has 0 heterocycles. The van der Waals surface area contributed by atoms with E-state index in [0.717, 1.165) is 17.7 Å². The fourth-order valence-electron chi connectivity index (χ4n) is 2.19. The largest absolute Gasteiger partial charge is 0.469 e. The van der Waals surface area contributed by atoms with Gasteiger partial charge in [-0.2, -0.15) is 13.2 Å². The minimum absolute atomic E-state index is 0.109. The molecule has 0 radical (unpaired) electrons. The van der Waals surface area contributed by atoms with Crippen molar-refractivity contribution >= 4 is 5.97 Å². The molecule has 1 aromatic rings. The maximum absolute atomic E-state index is 12.4. The molecule has 1 aliphatic carbocycles. The van der Waals surface area contributed by atoms with Gasteiger partial charge in [0.25, 0.3) is 0 Å². The average molecular weight is 258 g/mol. The first kappa shape index (κ1) is 12.9. The second kappa shape index (κ2) is 4.63. The summed E-state index contributed by atoms with van der Waals surface area (Å²) in [4.78, 5) is 11.2. The van der Waals surface area contributed by atoms with Gasteiger partial charge in [-0.05, 0) is 36.5 Å². The van der Waals surface area contributed by atoms with Crippen molar-refractivity contribution in [3.05, 3.63) is 35.4 Å². The van der Waals surface area contributed by atoms with E-state index in [1.165, 1.54) is 19.2 Å². The Bertz CT molecular complexity index is 431. The third-order valence-corrected chi connectivity index (χ3v) is 3.38. The van der Waals surface area contributed by atoms with Gasteiger partial charge in [-0.25, -0.2) is 0 Å². The Hall–Kier alpha value is -1.52. The maximum Gasteiger partial charge on any atom is 0.416 e. The number of esters is 1. The van der Waals surface area contributed by atoms with E-state index in [1.807, 2.05) is 0 Å². The minimum atomic E-state index is -4.30. The number of halogens is 3. The molecule has 0 unspecified atom stereocenters. The van der Waals surface area contributed by atoms with Gasteiger partial charge in [0.2, 0.25) is 0 Å². The molecule has 98 valence electrons. The van der Waals surface area contributed by atoms with Crippen LogP contribution >= 0.6 is 0 Å². The monoisotopic (exact) mass is 258 g/mol. The van der Waals surface area contributed by atoms with Gasteiger partial charge in [-0.15, -0.1) is 0 Å². The van der Waals surface area contributed by atoms with Crippen LogP contribution in [0.25, 0.3) is 0 Å². The van der Waals surface area contributed by atoms with E-state index in [-0.39, 0.29) is 17.8 Å². The molecule has 0 bridgehead atoms.